The normalized spacial score (nSPS) is 33.8. The lowest BCUT2D eigenvalue weighted by Crippen LogP contribution is -2.47. The van der Waals surface area contributed by atoms with E-state index >= 15 is 0 Å². The van der Waals surface area contributed by atoms with Crippen molar-refractivity contribution >= 4 is 53.0 Å². The fourth-order valence-electron chi connectivity index (χ4n) is 3.09. The number of carbonyl (C=O) groups is 1. The number of amides is 2. The Morgan fingerprint density at radius 1 is 1.52 bits per heavy atom. The van der Waals surface area contributed by atoms with Gasteiger partial charge < -0.3 is 15.5 Å². The van der Waals surface area contributed by atoms with Gasteiger partial charge in [-0.05, 0) is 12.8 Å². The summed E-state index contributed by atoms with van der Waals surface area (Å²) in [5, 5.41) is 4.96. The summed E-state index contributed by atoms with van der Waals surface area (Å²) in [6.45, 7) is 0.697. The van der Waals surface area contributed by atoms with E-state index in [1.165, 1.54) is 23.0 Å². The second kappa shape index (κ2) is 6.02. The highest BCUT2D eigenvalue weighted by Gasteiger charge is 2.50. The number of urea groups is 1. The number of hydrogen-bond donors (Lipinski definition) is 1. The number of nitrogens with two attached hydrogens (primary N) is 1. The van der Waals surface area contributed by atoms with Crippen molar-refractivity contribution in [1.29, 1.82) is 0 Å². The third-order valence-corrected chi connectivity index (χ3v) is 6.15. The molecule has 13 heteroatoms. The van der Waals surface area contributed by atoms with Crippen molar-refractivity contribution in [2.45, 2.75) is 36.8 Å². The molecule has 0 saturated carbocycles. The van der Waals surface area contributed by atoms with Crippen molar-refractivity contribution in [2.24, 2.45) is 10.9 Å². The Bertz CT molecular complexity index is 647. The molecule has 0 radical (unpaired) electrons. The van der Waals surface area contributed by atoms with Crippen LogP contribution in [0.5, 0.6) is 0 Å². The van der Waals surface area contributed by atoms with Gasteiger partial charge in [-0.25, -0.2) is 4.79 Å². The minimum absolute atomic E-state index is 0.232. The van der Waals surface area contributed by atoms with E-state index < -0.39 is 21.9 Å². The van der Waals surface area contributed by atoms with Crippen molar-refractivity contribution in [3.63, 3.8) is 0 Å². The molecule has 0 spiro atoms. The molecule has 0 aromatic heterocycles. The van der Waals surface area contributed by atoms with Crippen molar-refractivity contribution in [3.05, 3.63) is 0 Å². The molecular formula is C10H16BIN4O6S. The zero-order chi connectivity index (χ0) is 16.8. The molecule has 0 aromatic carbocycles. The summed E-state index contributed by atoms with van der Waals surface area (Å²) in [6.07, 6.45) is 1.80. The third-order valence-electron chi connectivity index (χ3n) is 4.33. The Hall–Kier alpha value is -0.635. The Kier molecular flexibility index (Phi) is 4.50. The van der Waals surface area contributed by atoms with Crippen LogP contribution in [-0.2, 0) is 22.0 Å². The van der Waals surface area contributed by atoms with Crippen LogP contribution >= 0.6 is 23.0 Å². The first-order valence-corrected chi connectivity index (χ1v) is 9.29. The molecule has 128 valence electrons. The lowest BCUT2D eigenvalue weighted by Gasteiger charge is -2.30. The van der Waals surface area contributed by atoms with Crippen LogP contribution in [0.3, 0.4) is 0 Å². The number of oxime groups is 1. The van der Waals surface area contributed by atoms with Gasteiger partial charge in [0.2, 0.25) is 0 Å². The number of nitrogens with zero attached hydrogens (tertiary/aromatic N) is 3. The van der Waals surface area contributed by atoms with Crippen LogP contribution in [0.1, 0.15) is 19.3 Å². The van der Waals surface area contributed by atoms with E-state index in [1.54, 1.807) is 4.90 Å². The number of halogens is 1. The molecule has 10 nitrogen and oxygen atoms in total. The van der Waals surface area contributed by atoms with Crippen LogP contribution in [-0.4, -0.2) is 68.6 Å². The molecule has 0 aromatic rings. The summed E-state index contributed by atoms with van der Waals surface area (Å²) in [6, 6.07) is -1.08. The lowest BCUT2D eigenvalue weighted by atomic mass is 9.76. The van der Waals surface area contributed by atoms with Crippen molar-refractivity contribution in [1.82, 2.24) is 9.96 Å². The maximum atomic E-state index is 12.5. The number of piperidine rings is 1. The van der Waals surface area contributed by atoms with Crippen LogP contribution in [0, 0.1) is 0 Å². The Morgan fingerprint density at radius 2 is 2.26 bits per heavy atom. The van der Waals surface area contributed by atoms with Crippen LogP contribution in [0.15, 0.2) is 5.16 Å². The van der Waals surface area contributed by atoms with E-state index in [4.69, 9.17) is 14.9 Å². The van der Waals surface area contributed by atoms with Gasteiger partial charge in [0.1, 0.15) is 28.5 Å². The number of carbonyl (C=O) groups excluding carboxylic acids is 1. The lowest BCUT2D eigenvalue weighted by molar-refractivity contribution is -0.0284. The first kappa shape index (κ1) is 17.2. The molecule has 1 unspecified atom stereocenters. The van der Waals surface area contributed by atoms with Crippen molar-refractivity contribution < 1.29 is 24.8 Å². The predicted octanol–water partition coefficient (Wildman–Crippen LogP) is -1.14. The summed E-state index contributed by atoms with van der Waals surface area (Å²) < 4.78 is 31.8. The SMILES string of the molecule is B[C@]1(CN)CC([C@@H]2CCC3CN2C(=O)N3OS(=O)(=O)OI)=NO1. The third kappa shape index (κ3) is 3.16. The van der Waals surface area contributed by atoms with E-state index in [1.807, 2.05) is 7.85 Å². The van der Waals surface area contributed by atoms with E-state index in [2.05, 4.69) is 7.67 Å². The molecule has 3 heterocycles. The van der Waals surface area contributed by atoms with Crippen molar-refractivity contribution in [2.75, 3.05) is 13.1 Å². The number of hydrogen-bond acceptors (Lipinski definition) is 8. The average molecular weight is 458 g/mol. The molecule has 3 atom stereocenters. The Labute approximate surface area is 148 Å². The van der Waals surface area contributed by atoms with Crippen LogP contribution in [0.25, 0.3) is 0 Å². The highest BCUT2D eigenvalue weighted by atomic mass is 127. The zero-order valence-corrected chi connectivity index (χ0v) is 15.3. The molecule has 0 aliphatic carbocycles. The van der Waals surface area contributed by atoms with Gasteiger partial charge in [-0.3, -0.25) is 0 Å². The molecule has 3 rings (SSSR count). The fourth-order valence-corrected chi connectivity index (χ4v) is 3.69. The fraction of sp³-hybridized carbons (Fsp3) is 0.800. The monoisotopic (exact) mass is 458 g/mol. The zero-order valence-electron chi connectivity index (χ0n) is 12.3. The Balaban J connectivity index is 1.74. The Morgan fingerprint density at radius 3 is 2.87 bits per heavy atom. The van der Waals surface area contributed by atoms with Gasteiger partial charge in [0.15, 0.2) is 7.85 Å². The van der Waals surface area contributed by atoms with E-state index in [9.17, 15) is 13.2 Å². The number of rotatable bonds is 5. The molecule has 23 heavy (non-hydrogen) atoms. The minimum atomic E-state index is -4.24. The number of hydroxylamine groups is 2. The number of fused-ring (bicyclic) bond motifs is 2. The maximum Gasteiger partial charge on any atom is 0.430 e. The summed E-state index contributed by atoms with van der Waals surface area (Å²) in [5.74, 6) is 0. The predicted molar refractivity (Wildman–Crippen MR) is 89.3 cm³/mol. The molecular weight excluding hydrogens is 442 g/mol. The molecule has 3 aliphatic rings. The molecule has 2 bridgehead atoms. The van der Waals surface area contributed by atoms with Gasteiger partial charge in [-0.2, -0.15) is 16.0 Å². The largest absolute Gasteiger partial charge is 0.430 e. The molecule has 3 aliphatic heterocycles. The van der Waals surface area contributed by atoms with E-state index in [-0.39, 0.29) is 12.1 Å². The first-order chi connectivity index (χ1) is 10.8. The van der Waals surface area contributed by atoms with Gasteiger partial charge in [0.25, 0.3) is 0 Å². The molecule has 2 amide bonds. The van der Waals surface area contributed by atoms with Crippen LogP contribution < -0.4 is 5.73 Å². The summed E-state index contributed by atoms with van der Waals surface area (Å²) in [5.41, 5.74) is 5.88. The minimum Gasteiger partial charge on any atom is -0.397 e. The van der Waals surface area contributed by atoms with Gasteiger partial charge in [-0.1, -0.05) is 5.16 Å². The van der Waals surface area contributed by atoms with E-state index in [0.717, 1.165) is 10.8 Å². The standard InChI is InChI=1S/C10H16BIN4O6S/c11-10(5-13)3-7(14-20-10)8-2-1-6-4-15(8)9(17)16(6)22-23(18,19)21-12/h6,8H,1-5,11,13H2/t6?,8-,10+/m0/s1. The van der Waals surface area contributed by atoms with Gasteiger partial charge in [-0.15, -0.1) is 4.28 Å². The average Bonchev–Trinajstić information content (AvgIpc) is 3.03. The molecule has 2 fully saturated rings. The van der Waals surface area contributed by atoms with Crippen LogP contribution in [0.2, 0.25) is 0 Å². The highest BCUT2D eigenvalue weighted by molar-refractivity contribution is 14.1. The quantitative estimate of drug-likeness (QED) is 0.408. The summed E-state index contributed by atoms with van der Waals surface area (Å²) >= 11 is 1.19. The second-order valence-electron chi connectivity index (χ2n) is 6.06. The van der Waals surface area contributed by atoms with Gasteiger partial charge in [0.05, 0.1) is 17.8 Å². The molecule has 2 N–H and O–H groups in total. The van der Waals surface area contributed by atoms with Crippen molar-refractivity contribution in [3.8, 4) is 0 Å². The van der Waals surface area contributed by atoms with E-state index in [0.29, 0.717) is 32.4 Å². The van der Waals surface area contributed by atoms with Gasteiger partial charge >= 0.3 is 16.4 Å². The second-order valence-corrected chi connectivity index (χ2v) is 8.23. The smallest absolute Gasteiger partial charge is 0.397 e. The highest BCUT2D eigenvalue weighted by Crippen LogP contribution is 2.34. The topological polar surface area (TPSA) is 124 Å². The summed E-state index contributed by atoms with van der Waals surface area (Å²) in [7, 11) is -2.38. The van der Waals surface area contributed by atoms with Crippen LogP contribution in [0.4, 0.5) is 4.79 Å². The first-order valence-electron chi connectivity index (χ1n) is 7.08. The van der Waals surface area contributed by atoms with Gasteiger partial charge in [0, 0.05) is 19.5 Å². The summed E-state index contributed by atoms with van der Waals surface area (Å²) in [4.78, 5) is 19.4. The molecule has 2 saturated heterocycles. The maximum absolute atomic E-state index is 12.5.